The van der Waals surface area contributed by atoms with Gasteiger partial charge < -0.3 is 10.4 Å². The van der Waals surface area contributed by atoms with Crippen molar-refractivity contribution in [1.29, 1.82) is 0 Å². The first-order valence-corrected chi connectivity index (χ1v) is 7.29. The number of hydrogen-bond acceptors (Lipinski definition) is 2. The van der Waals surface area contributed by atoms with Crippen LogP contribution in [-0.4, -0.2) is 18.5 Å². The van der Waals surface area contributed by atoms with E-state index in [0.717, 1.165) is 6.07 Å². The number of rotatable bonds is 7. The van der Waals surface area contributed by atoms with Gasteiger partial charge in [0, 0.05) is 12.5 Å². The molecule has 0 radical (unpaired) electrons. The second kappa shape index (κ2) is 8.35. The fourth-order valence-corrected chi connectivity index (χ4v) is 2.11. The van der Waals surface area contributed by atoms with Crippen LogP contribution in [0.25, 0.3) is 0 Å². The van der Waals surface area contributed by atoms with E-state index in [4.69, 9.17) is 0 Å². The highest BCUT2D eigenvalue weighted by molar-refractivity contribution is 7.15. The van der Waals surface area contributed by atoms with Crippen LogP contribution in [0.3, 0.4) is 0 Å². The first-order chi connectivity index (χ1) is 9.82. The van der Waals surface area contributed by atoms with E-state index in [9.17, 15) is 18.0 Å². The number of nitrogens with one attached hydrogen (secondary N) is 2. The lowest BCUT2D eigenvalue weighted by atomic mass is 10.0. The molecule has 0 aromatic heterocycles. The van der Waals surface area contributed by atoms with Crippen LogP contribution in [0.15, 0.2) is 24.3 Å². The van der Waals surface area contributed by atoms with Gasteiger partial charge in [0.15, 0.2) is 0 Å². The number of halogens is 3. The molecule has 2 atom stereocenters. The van der Waals surface area contributed by atoms with Gasteiger partial charge in [0.25, 0.3) is 0 Å². The highest BCUT2D eigenvalue weighted by Gasteiger charge is 2.30. The quantitative estimate of drug-likeness (QED) is 0.599. The molecule has 7 heteroatoms. The Hall–Kier alpha value is -1.13. The minimum Gasteiger partial charge on any atom is -0.341 e. The summed E-state index contributed by atoms with van der Waals surface area (Å²) in [7, 11) is 2.15. The molecule has 0 aliphatic heterocycles. The van der Waals surface area contributed by atoms with Crippen molar-refractivity contribution in [1.82, 2.24) is 10.4 Å². The van der Waals surface area contributed by atoms with E-state index in [1.54, 1.807) is 6.07 Å². The smallest absolute Gasteiger partial charge is 0.341 e. The summed E-state index contributed by atoms with van der Waals surface area (Å²) >= 11 is 0. The first-order valence-electron chi connectivity index (χ1n) is 6.72. The molecule has 0 saturated carbocycles. The van der Waals surface area contributed by atoms with E-state index in [-0.39, 0.29) is 11.9 Å². The highest BCUT2D eigenvalue weighted by Crippen LogP contribution is 2.29. The maximum absolute atomic E-state index is 12.6. The number of benzene rings is 1. The standard InChI is InChI=1S/C14H20F3N2OP/c1-10(18-7-3-6-13(20)19-21)8-11-4-2-5-12(9-11)14(15,16)17/h2,4-5,9-10,18H,3,6-8,21H2,1H3,(H,19,20). The number of carbonyl (C=O) groups is 1. The third-order valence-corrected chi connectivity index (χ3v) is 3.35. The molecule has 1 aromatic rings. The Morgan fingerprint density at radius 2 is 2.10 bits per heavy atom. The van der Waals surface area contributed by atoms with Crippen molar-refractivity contribution in [2.75, 3.05) is 6.54 Å². The number of amides is 1. The van der Waals surface area contributed by atoms with Gasteiger partial charge in [0.1, 0.15) is 0 Å². The van der Waals surface area contributed by atoms with Crippen LogP contribution in [0.4, 0.5) is 13.2 Å². The van der Waals surface area contributed by atoms with Crippen molar-refractivity contribution in [2.45, 2.75) is 38.4 Å². The number of hydrogen-bond donors (Lipinski definition) is 2. The summed E-state index contributed by atoms with van der Waals surface area (Å²) < 4.78 is 37.8. The molecule has 3 nitrogen and oxygen atoms in total. The molecular formula is C14H20F3N2OP. The Morgan fingerprint density at radius 1 is 1.38 bits per heavy atom. The lowest BCUT2D eigenvalue weighted by Crippen LogP contribution is -2.29. The molecule has 1 aromatic carbocycles. The van der Waals surface area contributed by atoms with Gasteiger partial charge in [-0.25, -0.2) is 0 Å². The Morgan fingerprint density at radius 3 is 2.71 bits per heavy atom. The van der Waals surface area contributed by atoms with Crippen molar-refractivity contribution in [3.8, 4) is 0 Å². The molecule has 2 N–H and O–H groups in total. The summed E-state index contributed by atoms with van der Waals surface area (Å²) in [6.45, 7) is 2.56. The van der Waals surface area contributed by atoms with Gasteiger partial charge in [-0.3, -0.25) is 4.79 Å². The Bertz CT molecular complexity index is 466. The van der Waals surface area contributed by atoms with E-state index < -0.39 is 11.7 Å². The fraction of sp³-hybridized carbons (Fsp3) is 0.500. The molecule has 0 fully saturated rings. The van der Waals surface area contributed by atoms with Crippen molar-refractivity contribution in [2.24, 2.45) is 0 Å². The molecule has 1 rings (SSSR count). The van der Waals surface area contributed by atoms with Crippen molar-refractivity contribution >= 4 is 15.3 Å². The fourth-order valence-electron chi connectivity index (χ4n) is 1.97. The summed E-state index contributed by atoms with van der Waals surface area (Å²) in [4.78, 5) is 11.0. The Labute approximate surface area is 124 Å². The van der Waals surface area contributed by atoms with Crippen LogP contribution < -0.4 is 10.4 Å². The predicted octanol–water partition coefficient (Wildman–Crippen LogP) is 2.91. The van der Waals surface area contributed by atoms with E-state index >= 15 is 0 Å². The van der Waals surface area contributed by atoms with Crippen LogP contribution in [0.2, 0.25) is 0 Å². The molecule has 1 amide bonds. The summed E-state index contributed by atoms with van der Waals surface area (Å²) in [5, 5.41) is 5.66. The summed E-state index contributed by atoms with van der Waals surface area (Å²) in [6.07, 6.45) is -2.68. The van der Waals surface area contributed by atoms with E-state index in [2.05, 4.69) is 19.8 Å². The summed E-state index contributed by atoms with van der Waals surface area (Å²) in [5.74, 6) is -0.0488. The second-order valence-corrected chi connectivity index (χ2v) is 5.22. The zero-order chi connectivity index (χ0) is 15.9. The molecule has 0 saturated heterocycles. The van der Waals surface area contributed by atoms with Crippen LogP contribution in [0, 0.1) is 0 Å². The minimum absolute atomic E-state index is 0.0487. The van der Waals surface area contributed by atoms with E-state index in [1.165, 1.54) is 12.1 Å². The average molecular weight is 320 g/mol. The van der Waals surface area contributed by atoms with Crippen molar-refractivity contribution < 1.29 is 18.0 Å². The van der Waals surface area contributed by atoms with Crippen LogP contribution in [-0.2, 0) is 17.4 Å². The maximum Gasteiger partial charge on any atom is 0.416 e. The third-order valence-electron chi connectivity index (χ3n) is 3.03. The molecule has 21 heavy (non-hydrogen) atoms. The summed E-state index contributed by atoms with van der Waals surface area (Å²) in [6, 6.07) is 5.42. The minimum atomic E-state index is -4.31. The van der Waals surface area contributed by atoms with Crippen LogP contribution >= 0.6 is 9.39 Å². The van der Waals surface area contributed by atoms with E-state index in [1.807, 2.05) is 6.92 Å². The zero-order valence-electron chi connectivity index (χ0n) is 11.8. The van der Waals surface area contributed by atoms with Gasteiger partial charge in [-0.2, -0.15) is 13.2 Å². The van der Waals surface area contributed by atoms with Gasteiger partial charge in [0.05, 0.1) is 5.56 Å². The second-order valence-electron chi connectivity index (χ2n) is 4.93. The molecule has 0 heterocycles. The maximum atomic E-state index is 12.6. The molecule has 118 valence electrons. The molecule has 0 aliphatic rings. The third kappa shape index (κ3) is 6.91. The average Bonchev–Trinajstić information content (AvgIpc) is 2.42. The zero-order valence-corrected chi connectivity index (χ0v) is 13.0. The topological polar surface area (TPSA) is 41.1 Å². The normalized spacial score (nSPS) is 13.0. The lowest BCUT2D eigenvalue weighted by Gasteiger charge is -2.15. The first kappa shape index (κ1) is 17.9. The summed E-state index contributed by atoms with van der Waals surface area (Å²) in [5.41, 5.74) is 0.0249. The highest BCUT2D eigenvalue weighted by atomic mass is 31.0. The van der Waals surface area contributed by atoms with Gasteiger partial charge in [0.2, 0.25) is 5.91 Å². The van der Waals surface area contributed by atoms with E-state index in [0.29, 0.717) is 31.4 Å². The SMILES string of the molecule is CC(Cc1cccc(C(F)(F)F)c1)NCCCC(=O)NP. The number of carbonyl (C=O) groups excluding carboxylic acids is 1. The van der Waals surface area contributed by atoms with Gasteiger partial charge in [-0.1, -0.05) is 18.2 Å². The van der Waals surface area contributed by atoms with Crippen molar-refractivity contribution in [3.63, 3.8) is 0 Å². The van der Waals surface area contributed by atoms with Gasteiger partial charge in [-0.15, -0.1) is 0 Å². The molecule has 2 unspecified atom stereocenters. The number of alkyl halides is 3. The lowest BCUT2D eigenvalue weighted by molar-refractivity contribution is -0.137. The van der Waals surface area contributed by atoms with Crippen LogP contribution in [0.1, 0.15) is 30.9 Å². The molecule has 0 spiro atoms. The Balaban J connectivity index is 2.41. The van der Waals surface area contributed by atoms with Gasteiger partial charge >= 0.3 is 6.18 Å². The largest absolute Gasteiger partial charge is 0.416 e. The predicted molar refractivity (Wildman–Crippen MR) is 79.7 cm³/mol. The van der Waals surface area contributed by atoms with Gasteiger partial charge in [-0.05, 0) is 47.3 Å². The molecular weight excluding hydrogens is 300 g/mol. The van der Waals surface area contributed by atoms with Crippen molar-refractivity contribution in [3.05, 3.63) is 35.4 Å². The molecule has 0 bridgehead atoms. The van der Waals surface area contributed by atoms with Crippen LogP contribution in [0.5, 0.6) is 0 Å². The Kier molecular flexibility index (Phi) is 7.12. The monoisotopic (exact) mass is 320 g/mol. The molecule has 0 aliphatic carbocycles.